The fourth-order valence-corrected chi connectivity index (χ4v) is 13.5. The van der Waals surface area contributed by atoms with Gasteiger partial charge in [-0.05, 0) is 163 Å². The van der Waals surface area contributed by atoms with Crippen LogP contribution in [-0.4, -0.2) is 6.71 Å². The van der Waals surface area contributed by atoms with E-state index in [1.54, 1.807) is 0 Å². The van der Waals surface area contributed by atoms with E-state index in [0.29, 0.717) is 5.92 Å². The molecule has 0 aliphatic carbocycles. The zero-order chi connectivity index (χ0) is 48.6. The van der Waals surface area contributed by atoms with Crippen molar-refractivity contribution in [1.82, 2.24) is 0 Å². The van der Waals surface area contributed by atoms with Crippen molar-refractivity contribution in [3.05, 3.63) is 172 Å². The smallest absolute Gasteiger partial charge is 0.254 e. The van der Waals surface area contributed by atoms with Crippen LogP contribution in [0.1, 0.15) is 121 Å². The van der Waals surface area contributed by atoms with Gasteiger partial charge in [-0.3, -0.25) is 0 Å². The Kier molecular flexibility index (Phi) is 10.6. The summed E-state index contributed by atoms with van der Waals surface area (Å²) in [6.45, 7) is 32.9. The highest BCUT2D eigenvalue weighted by Crippen LogP contribution is 2.53. The summed E-state index contributed by atoms with van der Waals surface area (Å²) < 4.78 is 2.66. The predicted octanol–water partition coefficient (Wildman–Crippen LogP) is 17.5. The second kappa shape index (κ2) is 16.1. The summed E-state index contributed by atoms with van der Waals surface area (Å²) in [4.78, 5) is 6.70. The van der Waals surface area contributed by atoms with Crippen LogP contribution in [0.4, 0.5) is 33.4 Å². The Bertz CT molecular complexity index is 3470. The fourth-order valence-electron chi connectivity index (χ4n) is 11.2. The van der Waals surface area contributed by atoms with Crippen LogP contribution in [-0.2, 0) is 16.2 Å². The molecule has 0 bridgehead atoms. The molecule has 2 nitrogen and oxygen atoms in total. The Morgan fingerprint density at radius 3 is 1.72 bits per heavy atom. The summed E-state index contributed by atoms with van der Waals surface area (Å²) >= 11 is 3.87. The number of thiophene rings is 2. The number of fused-ring (bicyclic) bond motifs is 7. The standard InChI is InChI=1S/C64H65BN2S2/c1-37(2)44-32-52-58-53(33-44)67(59-38(3)28-46(29-39(59)4)63(9,10)11)61-57(49-35-45(62(6,7)8)25-27-55(49)69-61)65(58)50-31-43(56-34-42-22-18-19-23-54(42)68-56)24-26-51(50)66(52)60-40(5)30-47(64(12,13)14)36-48(60)41-20-16-15-17-21-41/h15-37H,1-14H3. The zero-order valence-corrected chi connectivity index (χ0v) is 44.7. The molecular weight excluding hydrogens is 872 g/mol. The maximum atomic E-state index is 2.71. The van der Waals surface area contributed by atoms with Crippen LogP contribution in [0.3, 0.4) is 0 Å². The quantitative estimate of drug-likeness (QED) is 0.159. The van der Waals surface area contributed by atoms with E-state index in [9.17, 15) is 0 Å². The van der Waals surface area contributed by atoms with E-state index in [-0.39, 0.29) is 23.0 Å². The fraction of sp³-hybridized carbons (Fsp3) is 0.281. The van der Waals surface area contributed by atoms with Crippen molar-refractivity contribution in [1.29, 1.82) is 0 Å². The minimum absolute atomic E-state index is 0.0111. The van der Waals surface area contributed by atoms with Gasteiger partial charge in [-0.2, -0.15) is 0 Å². The molecule has 0 saturated carbocycles. The van der Waals surface area contributed by atoms with Crippen molar-refractivity contribution in [3.8, 4) is 21.6 Å². The lowest BCUT2D eigenvalue weighted by Crippen LogP contribution is -2.61. The summed E-state index contributed by atoms with van der Waals surface area (Å²) in [5.74, 6) is 0.298. The molecule has 69 heavy (non-hydrogen) atoms. The van der Waals surface area contributed by atoms with Gasteiger partial charge in [0.25, 0.3) is 6.71 Å². The van der Waals surface area contributed by atoms with Crippen LogP contribution in [0, 0.1) is 20.8 Å². The van der Waals surface area contributed by atoms with Crippen LogP contribution in [0.5, 0.6) is 0 Å². The average Bonchev–Trinajstić information content (AvgIpc) is 3.90. The predicted molar refractivity (Wildman–Crippen MR) is 307 cm³/mol. The third-order valence-electron chi connectivity index (χ3n) is 15.0. The van der Waals surface area contributed by atoms with E-state index in [1.807, 2.05) is 22.7 Å². The normalized spacial score (nSPS) is 13.7. The molecule has 0 unspecified atom stereocenters. The van der Waals surface area contributed by atoms with Gasteiger partial charge in [0.05, 0.1) is 16.4 Å². The molecule has 7 aromatic carbocycles. The lowest BCUT2D eigenvalue weighted by molar-refractivity contribution is 0.589. The van der Waals surface area contributed by atoms with Crippen LogP contribution in [0.15, 0.2) is 133 Å². The summed E-state index contributed by atoms with van der Waals surface area (Å²) in [5, 5.41) is 3.99. The van der Waals surface area contributed by atoms with Crippen molar-refractivity contribution in [2.45, 2.75) is 119 Å². The van der Waals surface area contributed by atoms with Crippen LogP contribution in [0.25, 0.3) is 41.7 Å². The molecule has 5 heteroatoms. The highest BCUT2D eigenvalue weighted by atomic mass is 32.1. The van der Waals surface area contributed by atoms with Crippen LogP contribution >= 0.6 is 22.7 Å². The zero-order valence-electron chi connectivity index (χ0n) is 43.1. The Balaban J connectivity index is 1.31. The van der Waals surface area contributed by atoms with Gasteiger partial charge in [0.2, 0.25) is 0 Å². The molecule has 11 rings (SSSR count). The van der Waals surface area contributed by atoms with E-state index in [0.717, 1.165) is 0 Å². The molecule has 0 saturated heterocycles. The molecule has 0 amide bonds. The average molecular weight is 937 g/mol. The van der Waals surface area contributed by atoms with Gasteiger partial charge >= 0.3 is 0 Å². The number of nitrogens with zero attached hydrogens (tertiary/aromatic N) is 2. The number of hydrogen-bond donors (Lipinski definition) is 0. The van der Waals surface area contributed by atoms with E-state index >= 15 is 0 Å². The van der Waals surface area contributed by atoms with Gasteiger partial charge in [0.1, 0.15) is 0 Å². The highest BCUT2D eigenvalue weighted by molar-refractivity contribution is 7.26. The van der Waals surface area contributed by atoms with E-state index in [1.165, 1.54) is 131 Å². The molecule has 4 heterocycles. The first-order valence-electron chi connectivity index (χ1n) is 25.0. The largest absolute Gasteiger partial charge is 0.311 e. The molecule has 2 aromatic heterocycles. The Morgan fingerprint density at radius 1 is 0.478 bits per heavy atom. The Hall–Kier alpha value is -5.88. The SMILES string of the molecule is Cc1cc(C(C)(C)C)cc(C)c1N1c2cc(C(C)C)cc3c2B(c2cc(-c4cc5ccccc5s4)ccc2N3c2c(C)cc(C(C)(C)C)cc2-c2ccccc2)c2c1sc1ccc(C(C)(C)C)cc21. The van der Waals surface area contributed by atoms with Gasteiger partial charge in [-0.1, -0.05) is 167 Å². The van der Waals surface area contributed by atoms with E-state index in [4.69, 9.17) is 0 Å². The van der Waals surface area contributed by atoms with Crippen LogP contribution in [0.2, 0.25) is 0 Å². The van der Waals surface area contributed by atoms with E-state index in [2.05, 4.69) is 240 Å². The monoisotopic (exact) mass is 936 g/mol. The number of aryl methyl sites for hydroxylation is 3. The molecule has 2 aliphatic rings. The van der Waals surface area contributed by atoms with Crippen molar-refractivity contribution < 1.29 is 0 Å². The minimum atomic E-state index is -0.0331. The summed E-state index contributed by atoms with van der Waals surface area (Å²) in [5.41, 5.74) is 23.6. The molecule has 0 atom stereocenters. The molecular formula is C64H65BN2S2. The maximum absolute atomic E-state index is 2.71. The second-order valence-electron chi connectivity index (χ2n) is 23.4. The first-order valence-corrected chi connectivity index (χ1v) is 26.6. The Morgan fingerprint density at radius 2 is 1.09 bits per heavy atom. The second-order valence-corrected chi connectivity index (χ2v) is 25.6. The number of anilines is 6. The first-order chi connectivity index (χ1) is 32.7. The Labute approximate surface area is 419 Å². The van der Waals surface area contributed by atoms with Gasteiger partial charge in [0, 0.05) is 36.9 Å². The molecule has 0 radical (unpaired) electrons. The number of rotatable bonds is 5. The van der Waals surface area contributed by atoms with Gasteiger partial charge in [0.15, 0.2) is 0 Å². The summed E-state index contributed by atoms with van der Waals surface area (Å²) in [6, 6.07) is 52.2. The number of benzene rings is 7. The van der Waals surface area contributed by atoms with Crippen LogP contribution < -0.4 is 26.2 Å². The molecule has 2 aliphatic heterocycles. The molecule has 0 fully saturated rings. The van der Waals surface area contributed by atoms with Crippen molar-refractivity contribution in [2.24, 2.45) is 0 Å². The molecule has 0 spiro atoms. The van der Waals surface area contributed by atoms with Gasteiger partial charge in [-0.15, -0.1) is 22.7 Å². The first kappa shape index (κ1) is 45.6. The molecule has 346 valence electrons. The lowest BCUT2D eigenvalue weighted by atomic mass is 9.33. The minimum Gasteiger partial charge on any atom is -0.311 e. The van der Waals surface area contributed by atoms with Crippen molar-refractivity contribution >= 4 is 99.4 Å². The third kappa shape index (κ3) is 7.49. The van der Waals surface area contributed by atoms with Gasteiger partial charge < -0.3 is 9.80 Å². The highest BCUT2D eigenvalue weighted by Gasteiger charge is 2.47. The van der Waals surface area contributed by atoms with Crippen molar-refractivity contribution in [2.75, 3.05) is 9.80 Å². The lowest BCUT2D eigenvalue weighted by Gasteiger charge is -2.45. The molecule has 0 N–H and O–H groups in total. The number of hydrogen-bond acceptors (Lipinski definition) is 4. The van der Waals surface area contributed by atoms with Crippen molar-refractivity contribution in [3.63, 3.8) is 0 Å². The summed E-state index contributed by atoms with van der Waals surface area (Å²) in [7, 11) is 0. The molecule has 9 aromatic rings. The van der Waals surface area contributed by atoms with Gasteiger partial charge in [-0.25, -0.2) is 0 Å². The maximum Gasteiger partial charge on any atom is 0.254 e. The topological polar surface area (TPSA) is 6.48 Å². The third-order valence-corrected chi connectivity index (χ3v) is 17.3. The summed E-state index contributed by atoms with van der Waals surface area (Å²) in [6.07, 6.45) is 0. The van der Waals surface area contributed by atoms with E-state index < -0.39 is 0 Å².